The smallest absolute Gasteiger partial charge is 0.152 e. The first-order chi connectivity index (χ1) is 8.89. The minimum atomic E-state index is -2.92. The van der Waals surface area contributed by atoms with Gasteiger partial charge in [0.05, 0.1) is 28.3 Å². The molecule has 0 spiro atoms. The highest BCUT2D eigenvalue weighted by atomic mass is 35.5. The summed E-state index contributed by atoms with van der Waals surface area (Å²) in [5.41, 5.74) is 1.60. The number of anilines is 1. The molecule has 1 aromatic rings. The molecule has 1 aliphatic rings. The first kappa shape index (κ1) is 14.6. The molecule has 1 aromatic carbocycles. The Hall–Kier alpha value is -0.780. The number of hydrogen-bond donors (Lipinski definition) is 1. The maximum atomic E-state index is 11.6. The van der Waals surface area contributed by atoms with Gasteiger partial charge < -0.3 is 10.0 Å². The van der Waals surface area contributed by atoms with Crippen molar-refractivity contribution in [3.63, 3.8) is 0 Å². The molecular weight excluding hydrogens is 286 g/mol. The van der Waals surface area contributed by atoms with E-state index in [0.717, 1.165) is 11.3 Å². The molecule has 1 heterocycles. The molecule has 1 fully saturated rings. The molecule has 6 heteroatoms. The molecule has 0 bridgehead atoms. The standard InChI is InChI=1S/C13H18ClNO3S/c1-10(16)11-3-4-13(12(14)9-11)15-5-2-7-19(17,18)8-6-15/h3-4,9-10,16H,2,5-8H2,1H3/t10-/m1/s1. The minimum Gasteiger partial charge on any atom is -0.389 e. The topological polar surface area (TPSA) is 57.6 Å². The van der Waals surface area contributed by atoms with Gasteiger partial charge in [0.15, 0.2) is 9.84 Å². The van der Waals surface area contributed by atoms with Crippen LogP contribution in [0.15, 0.2) is 18.2 Å². The van der Waals surface area contributed by atoms with Gasteiger partial charge in [-0.15, -0.1) is 0 Å². The normalized spacial score (nSPS) is 20.9. The fraction of sp³-hybridized carbons (Fsp3) is 0.538. The molecule has 19 heavy (non-hydrogen) atoms. The number of nitrogens with zero attached hydrogens (tertiary/aromatic N) is 1. The van der Waals surface area contributed by atoms with Crippen molar-refractivity contribution in [1.29, 1.82) is 0 Å². The fourth-order valence-electron chi connectivity index (χ4n) is 2.22. The number of aliphatic hydroxyl groups excluding tert-OH is 1. The SMILES string of the molecule is C[C@@H](O)c1ccc(N2CCCS(=O)(=O)CC2)c(Cl)c1. The highest BCUT2D eigenvalue weighted by molar-refractivity contribution is 7.91. The molecule has 0 amide bonds. The van der Waals surface area contributed by atoms with Gasteiger partial charge in [-0.05, 0) is 31.0 Å². The van der Waals surface area contributed by atoms with E-state index in [1.807, 2.05) is 17.0 Å². The summed E-state index contributed by atoms with van der Waals surface area (Å²) in [7, 11) is -2.92. The molecule has 0 unspecified atom stereocenters. The van der Waals surface area contributed by atoms with Gasteiger partial charge in [0, 0.05) is 13.1 Å². The summed E-state index contributed by atoms with van der Waals surface area (Å²) < 4.78 is 23.2. The molecule has 1 N–H and O–H groups in total. The second-order valence-corrected chi connectivity index (χ2v) is 7.59. The summed E-state index contributed by atoms with van der Waals surface area (Å²) in [6.07, 6.45) is 0.0626. The summed E-state index contributed by atoms with van der Waals surface area (Å²) in [4.78, 5) is 2.00. The average Bonchev–Trinajstić information content (AvgIpc) is 2.50. The van der Waals surface area contributed by atoms with Crippen molar-refractivity contribution >= 4 is 27.1 Å². The lowest BCUT2D eigenvalue weighted by Crippen LogP contribution is -2.27. The van der Waals surface area contributed by atoms with E-state index in [2.05, 4.69) is 0 Å². The van der Waals surface area contributed by atoms with Crippen molar-refractivity contribution in [2.45, 2.75) is 19.4 Å². The van der Waals surface area contributed by atoms with E-state index >= 15 is 0 Å². The zero-order chi connectivity index (χ0) is 14.0. The van der Waals surface area contributed by atoms with E-state index in [4.69, 9.17) is 11.6 Å². The molecule has 1 saturated heterocycles. The van der Waals surface area contributed by atoms with Crippen molar-refractivity contribution in [2.75, 3.05) is 29.5 Å². The van der Waals surface area contributed by atoms with Gasteiger partial charge in [0.25, 0.3) is 0 Å². The Labute approximate surface area is 118 Å². The van der Waals surface area contributed by atoms with Gasteiger partial charge in [-0.1, -0.05) is 17.7 Å². The van der Waals surface area contributed by atoms with Crippen molar-refractivity contribution in [1.82, 2.24) is 0 Å². The van der Waals surface area contributed by atoms with Crippen LogP contribution in [0.25, 0.3) is 0 Å². The van der Waals surface area contributed by atoms with E-state index in [0.29, 0.717) is 24.5 Å². The number of halogens is 1. The van der Waals surface area contributed by atoms with Crippen LogP contribution in [0.1, 0.15) is 25.0 Å². The number of sulfone groups is 1. The average molecular weight is 304 g/mol. The van der Waals surface area contributed by atoms with Crippen LogP contribution in [0, 0.1) is 0 Å². The predicted molar refractivity (Wildman–Crippen MR) is 77.6 cm³/mol. The highest BCUT2D eigenvalue weighted by Crippen LogP contribution is 2.29. The Balaban J connectivity index is 2.22. The van der Waals surface area contributed by atoms with Gasteiger partial charge in [-0.2, -0.15) is 0 Å². The summed E-state index contributed by atoms with van der Waals surface area (Å²) in [6, 6.07) is 5.41. The minimum absolute atomic E-state index is 0.168. The highest BCUT2D eigenvalue weighted by Gasteiger charge is 2.20. The Bertz CT molecular complexity index is 557. The third-order valence-corrected chi connectivity index (χ3v) is 5.37. The maximum absolute atomic E-state index is 11.6. The van der Waals surface area contributed by atoms with Crippen LogP contribution < -0.4 is 4.90 Å². The zero-order valence-electron chi connectivity index (χ0n) is 10.8. The summed E-state index contributed by atoms with van der Waals surface area (Å²) >= 11 is 6.23. The van der Waals surface area contributed by atoms with E-state index in [1.165, 1.54) is 0 Å². The van der Waals surface area contributed by atoms with Crippen molar-refractivity contribution in [3.05, 3.63) is 28.8 Å². The van der Waals surface area contributed by atoms with E-state index in [9.17, 15) is 13.5 Å². The van der Waals surface area contributed by atoms with Gasteiger partial charge in [-0.25, -0.2) is 8.42 Å². The van der Waals surface area contributed by atoms with Gasteiger partial charge in [-0.3, -0.25) is 0 Å². The molecule has 0 radical (unpaired) electrons. The van der Waals surface area contributed by atoms with Crippen LogP contribution in [0.4, 0.5) is 5.69 Å². The Morgan fingerprint density at radius 1 is 1.32 bits per heavy atom. The molecule has 2 rings (SSSR count). The molecule has 4 nitrogen and oxygen atoms in total. The third-order valence-electron chi connectivity index (χ3n) is 3.35. The lowest BCUT2D eigenvalue weighted by Gasteiger charge is -2.23. The molecule has 0 aliphatic carbocycles. The molecule has 106 valence electrons. The number of aliphatic hydroxyl groups is 1. The Morgan fingerprint density at radius 3 is 2.68 bits per heavy atom. The van der Waals surface area contributed by atoms with E-state index < -0.39 is 15.9 Å². The molecular formula is C13H18ClNO3S. The lowest BCUT2D eigenvalue weighted by atomic mass is 10.1. The Morgan fingerprint density at radius 2 is 2.05 bits per heavy atom. The van der Waals surface area contributed by atoms with Crippen LogP contribution in [-0.2, 0) is 9.84 Å². The van der Waals surface area contributed by atoms with Crippen LogP contribution in [-0.4, -0.2) is 38.1 Å². The van der Waals surface area contributed by atoms with Crippen LogP contribution in [0.2, 0.25) is 5.02 Å². The summed E-state index contributed by atoms with van der Waals surface area (Å²) in [5.74, 6) is 0.411. The van der Waals surface area contributed by atoms with Crippen LogP contribution >= 0.6 is 11.6 Å². The zero-order valence-corrected chi connectivity index (χ0v) is 12.4. The third kappa shape index (κ3) is 3.61. The van der Waals surface area contributed by atoms with Gasteiger partial charge in [0.2, 0.25) is 0 Å². The van der Waals surface area contributed by atoms with Gasteiger partial charge in [0.1, 0.15) is 0 Å². The van der Waals surface area contributed by atoms with Crippen molar-refractivity contribution in [3.8, 4) is 0 Å². The summed E-state index contributed by atoms with van der Waals surface area (Å²) in [5, 5.41) is 10.1. The molecule has 0 aromatic heterocycles. The second-order valence-electron chi connectivity index (χ2n) is 4.88. The predicted octanol–water partition coefficient (Wildman–Crippen LogP) is 2.02. The fourth-order valence-corrected chi connectivity index (χ4v) is 3.80. The van der Waals surface area contributed by atoms with Crippen LogP contribution in [0.3, 0.4) is 0 Å². The molecule has 1 atom stereocenters. The van der Waals surface area contributed by atoms with E-state index in [-0.39, 0.29) is 11.5 Å². The largest absolute Gasteiger partial charge is 0.389 e. The Kier molecular flexibility index (Phi) is 4.38. The maximum Gasteiger partial charge on any atom is 0.152 e. The van der Waals surface area contributed by atoms with Crippen molar-refractivity contribution < 1.29 is 13.5 Å². The number of hydrogen-bond acceptors (Lipinski definition) is 4. The monoisotopic (exact) mass is 303 g/mol. The first-order valence-electron chi connectivity index (χ1n) is 6.32. The molecule has 1 aliphatic heterocycles. The van der Waals surface area contributed by atoms with Crippen LogP contribution in [0.5, 0.6) is 0 Å². The first-order valence-corrected chi connectivity index (χ1v) is 8.52. The van der Waals surface area contributed by atoms with E-state index in [1.54, 1.807) is 13.0 Å². The number of rotatable bonds is 2. The lowest BCUT2D eigenvalue weighted by molar-refractivity contribution is 0.199. The second kappa shape index (κ2) is 5.69. The quantitative estimate of drug-likeness (QED) is 0.908. The number of benzene rings is 1. The summed E-state index contributed by atoms with van der Waals surface area (Å²) in [6.45, 7) is 2.84. The van der Waals surface area contributed by atoms with Gasteiger partial charge >= 0.3 is 0 Å². The molecule has 0 saturated carbocycles. The van der Waals surface area contributed by atoms with Crippen molar-refractivity contribution in [2.24, 2.45) is 0 Å².